The molecule has 0 aliphatic rings. The maximum absolute atomic E-state index is 12.4. The predicted octanol–water partition coefficient (Wildman–Crippen LogP) is 2.06. The fourth-order valence-electron chi connectivity index (χ4n) is 2.45. The third-order valence-corrected chi connectivity index (χ3v) is 4.35. The molecule has 2 aromatic carbocycles. The van der Waals surface area contributed by atoms with E-state index < -0.39 is 30.2 Å². The van der Waals surface area contributed by atoms with E-state index in [0.717, 1.165) is 31.7 Å². The number of amides is 1. The van der Waals surface area contributed by atoms with Gasteiger partial charge in [0.1, 0.15) is 18.1 Å². The Morgan fingerprint density at radius 3 is 2.42 bits per heavy atom. The van der Waals surface area contributed by atoms with Crippen LogP contribution in [0, 0.1) is 11.3 Å². The summed E-state index contributed by atoms with van der Waals surface area (Å²) < 4.78 is 45.9. The Kier molecular flexibility index (Phi) is 7.78. The number of carbonyl (C=O) groups is 1. The van der Waals surface area contributed by atoms with E-state index in [1.165, 1.54) is 19.1 Å². The fraction of sp³-hybridized carbons (Fsp3) is 0.263. The summed E-state index contributed by atoms with van der Waals surface area (Å²) in [6.45, 7) is 0.656. The number of nitriles is 1. The van der Waals surface area contributed by atoms with Crippen LogP contribution in [-0.4, -0.2) is 42.0 Å². The maximum Gasteiger partial charge on any atom is 0.573 e. The molecule has 163 valence electrons. The molecule has 0 aliphatic heterocycles. The van der Waals surface area contributed by atoms with E-state index in [1.807, 2.05) is 6.07 Å². The molecule has 12 heteroatoms. The van der Waals surface area contributed by atoms with E-state index in [1.54, 1.807) is 0 Å². The van der Waals surface area contributed by atoms with Crippen LogP contribution in [-0.2, 0) is 6.61 Å². The van der Waals surface area contributed by atoms with Crippen molar-refractivity contribution in [1.29, 1.82) is 5.26 Å². The van der Waals surface area contributed by atoms with Crippen LogP contribution >= 0.6 is 11.6 Å². The molecule has 31 heavy (non-hydrogen) atoms. The number of hydrogen-bond donors (Lipinski definition) is 3. The normalized spacial score (nSPS) is 13.0. The van der Waals surface area contributed by atoms with Crippen molar-refractivity contribution in [2.75, 3.05) is 6.61 Å². The fourth-order valence-corrected chi connectivity index (χ4v) is 2.73. The Hall–Kier alpha value is -2.94. The average Bonchev–Trinajstić information content (AvgIpc) is 2.71. The Labute approximate surface area is 181 Å². The van der Waals surface area contributed by atoms with Crippen LogP contribution in [0.25, 0.3) is 0 Å². The molecule has 0 saturated heterocycles. The molecule has 0 heterocycles. The lowest BCUT2D eigenvalue weighted by atomic mass is 9.84. The number of carbonyl (C=O) groups excluding carboxylic acids is 1. The van der Waals surface area contributed by atoms with Gasteiger partial charge in [-0.15, -0.1) is 13.2 Å². The minimum absolute atomic E-state index is 0.00325. The van der Waals surface area contributed by atoms with Gasteiger partial charge in [0.2, 0.25) is 0 Å². The molecule has 0 bridgehead atoms. The second kappa shape index (κ2) is 9.91. The largest absolute Gasteiger partial charge is 0.573 e. The molecule has 7 nitrogen and oxygen atoms in total. The van der Waals surface area contributed by atoms with Gasteiger partial charge in [0.15, 0.2) is 5.54 Å². The van der Waals surface area contributed by atoms with Crippen molar-refractivity contribution in [3.05, 3.63) is 52.5 Å². The summed E-state index contributed by atoms with van der Waals surface area (Å²) in [5, 5.41) is 30.6. The van der Waals surface area contributed by atoms with Crippen LogP contribution < -0.4 is 20.3 Å². The Morgan fingerprint density at radius 2 is 1.90 bits per heavy atom. The molecule has 0 spiro atoms. The van der Waals surface area contributed by atoms with Crippen molar-refractivity contribution in [3.8, 4) is 17.6 Å². The van der Waals surface area contributed by atoms with Crippen molar-refractivity contribution >= 4 is 30.5 Å². The van der Waals surface area contributed by atoms with Crippen molar-refractivity contribution in [2.24, 2.45) is 0 Å². The zero-order valence-corrected chi connectivity index (χ0v) is 16.8. The highest BCUT2D eigenvalue weighted by atomic mass is 35.5. The number of hydrogen-bond acceptors (Lipinski definition) is 6. The van der Waals surface area contributed by atoms with Gasteiger partial charge in [0, 0.05) is 10.6 Å². The topological polar surface area (TPSA) is 112 Å². The highest BCUT2D eigenvalue weighted by Crippen LogP contribution is 2.24. The number of aliphatic hydroxyl groups excluding tert-OH is 1. The summed E-state index contributed by atoms with van der Waals surface area (Å²) in [5.74, 6) is -1.04. The van der Waals surface area contributed by atoms with Crippen LogP contribution in [0.15, 0.2) is 36.4 Å². The average molecular weight is 456 g/mol. The molecule has 1 amide bonds. The van der Waals surface area contributed by atoms with Gasteiger partial charge in [0.05, 0.1) is 12.7 Å². The van der Waals surface area contributed by atoms with Crippen LogP contribution in [0.2, 0.25) is 5.02 Å². The monoisotopic (exact) mass is 455 g/mol. The molecule has 1 radical (unpaired) electrons. The predicted molar refractivity (Wildman–Crippen MR) is 105 cm³/mol. The van der Waals surface area contributed by atoms with Gasteiger partial charge in [-0.3, -0.25) is 4.79 Å². The standard InChI is InChI=1S/C19H16BClF3N2O5/c1-18(9-25,10-30-13-6-15(20-29)14(8-27)16(21)7-13)26-17(28)11-2-4-12(5-3-11)31-19(22,23)24/h2-7,27,29H,8,10H2,1H3,(H,26,28). The highest BCUT2D eigenvalue weighted by Gasteiger charge is 2.31. The number of rotatable bonds is 8. The van der Waals surface area contributed by atoms with Gasteiger partial charge in [0.25, 0.3) is 5.91 Å². The van der Waals surface area contributed by atoms with E-state index in [0.29, 0.717) is 0 Å². The summed E-state index contributed by atoms with van der Waals surface area (Å²) in [4.78, 5) is 12.4. The number of alkyl halides is 3. The van der Waals surface area contributed by atoms with E-state index in [-0.39, 0.29) is 34.0 Å². The van der Waals surface area contributed by atoms with Crippen LogP contribution in [0.4, 0.5) is 13.2 Å². The summed E-state index contributed by atoms with van der Waals surface area (Å²) in [7, 11) is 0.738. The number of nitrogens with one attached hydrogen (secondary N) is 1. The Morgan fingerprint density at radius 1 is 1.26 bits per heavy atom. The molecule has 2 aromatic rings. The van der Waals surface area contributed by atoms with Gasteiger partial charge in [-0.25, -0.2) is 0 Å². The molecular formula is C19H16BClF3N2O5. The maximum atomic E-state index is 12.4. The second-order valence-corrected chi connectivity index (χ2v) is 6.93. The van der Waals surface area contributed by atoms with Crippen LogP contribution in [0.1, 0.15) is 22.8 Å². The zero-order valence-electron chi connectivity index (χ0n) is 16.0. The molecule has 0 saturated carbocycles. The third kappa shape index (κ3) is 6.78. The molecule has 0 fully saturated rings. The number of halogens is 4. The smallest absolute Gasteiger partial charge is 0.490 e. The minimum Gasteiger partial charge on any atom is -0.490 e. The Bertz CT molecular complexity index is 982. The van der Waals surface area contributed by atoms with E-state index in [2.05, 4.69) is 10.1 Å². The molecule has 0 aromatic heterocycles. The van der Waals surface area contributed by atoms with Gasteiger partial charge < -0.3 is 24.9 Å². The second-order valence-electron chi connectivity index (χ2n) is 6.52. The first-order valence-electron chi connectivity index (χ1n) is 8.63. The molecule has 1 unspecified atom stereocenters. The first-order valence-corrected chi connectivity index (χ1v) is 9.01. The number of nitrogens with zero attached hydrogens (tertiary/aromatic N) is 1. The van der Waals surface area contributed by atoms with Crippen LogP contribution in [0.3, 0.4) is 0 Å². The highest BCUT2D eigenvalue weighted by molar-refractivity contribution is 6.47. The van der Waals surface area contributed by atoms with Gasteiger partial charge in [-0.1, -0.05) is 11.6 Å². The SMILES string of the molecule is CC(C#N)(COc1cc(Cl)c(CO)c([B]O)c1)NC(=O)c1ccc(OC(F)(F)F)cc1. The van der Waals surface area contributed by atoms with Crippen molar-refractivity contribution in [1.82, 2.24) is 5.32 Å². The Balaban J connectivity index is 2.08. The van der Waals surface area contributed by atoms with E-state index in [4.69, 9.17) is 16.3 Å². The molecular weight excluding hydrogens is 439 g/mol. The van der Waals surface area contributed by atoms with E-state index >= 15 is 0 Å². The zero-order chi connectivity index (χ0) is 23.2. The van der Waals surface area contributed by atoms with Crippen molar-refractivity contribution < 1.29 is 37.6 Å². The molecule has 0 aliphatic carbocycles. The molecule has 1 atom stereocenters. The van der Waals surface area contributed by atoms with Gasteiger partial charge >= 0.3 is 13.8 Å². The number of benzene rings is 2. The number of ether oxygens (including phenoxy) is 2. The van der Waals surface area contributed by atoms with Crippen molar-refractivity contribution in [2.45, 2.75) is 25.4 Å². The van der Waals surface area contributed by atoms with Crippen LogP contribution in [0.5, 0.6) is 11.5 Å². The molecule has 2 rings (SSSR count). The van der Waals surface area contributed by atoms with Crippen molar-refractivity contribution in [3.63, 3.8) is 0 Å². The van der Waals surface area contributed by atoms with Gasteiger partial charge in [-0.2, -0.15) is 5.26 Å². The van der Waals surface area contributed by atoms with Gasteiger partial charge in [-0.05, 0) is 54.3 Å². The first kappa shape index (κ1) is 24.3. The first-order chi connectivity index (χ1) is 14.5. The third-order valence-electron chi connectivity index (χ3n) is 4.01. The number of aliphatic hydroxyl groups is 1. The summed E-state index contributed by atoms with van der Waals surface area (Å²) in [6, 6.07) is 8.84. The summed E-state index contributed by atoms with van der Waals surface area (Å²) in [5.41, 5.74) is -1.01. The lowest BCUT2D eigenvalue weighted by molar-refractivity contribution is -0.274. The quantitative estimate of drug-likeness (QED) is 0.526. The molecule has 3 N–H and O–H groups in total. The lowest BCUT2D eigenvalue weighted by Gasteiger charge is -2.24. The minimum atomic E-state index is -4.85. The lowest BCUT2D eigenvalue weighted by Crippen LogP contribution is -2.49. The summed E-state index contributed by atoms with van der Waals surface area (Å²) in [6.07, 6.45) is -4.85. The van der Waals surface area contributed by atoms with E-state index in [9.17, 15) is 33.4 Å². The summed E-state index contributed by atoms with van der Waals surface area (Å²) >= 11 is 6.03.